The second-order valence-electron chi connectivity index (χ2n) is 5.61. The smallest absolute Gasteiger partial charge is 0.123 e. The van der Waals surface area contributed by atoms with Gasteiger partial charge in [-0.1, -0.05) is 12.1 Å². The minimum absolute atomic E-state index is 0.367. The van der Waals surface area contributed by atoms with Crippen LogP contribution in [-0.4, -0.2) is 37.7 Å². The number of benzene rings is 1. The molecule has 1 N–H and O–H groups in total. The lowest BCUT2D eigenvalue weighted by molar-refractivity contribution is -0.870. The third-order valence-electron chi connectivity index (χ3n) is 4.04. The second-order valence-corrected chi connectivity index (χ2v) is 5.61. The maximum Gasteiger partial charge on any atom is 0.123 e. The van der Waals surface area contributed by atoms with Crippen LogP contribution < -0.4 is 9.64 Å². The molecular formula is C15H22N2O. The normalized spacial score (nSPS) is 28.1. The molecule has 1 unspecified atom stereocenters. The quantitative estimate of drug-likeness (QED) is 0.766. The average Bonchev–Trinajstić information content (AvgIpc) is 2.75. The number of ether oxygens (including phenoxy) is 1. The number of nitrogens with zero attached hydrogens (tertiary/aromatic N) is 1. The number of likely N-dealkylation sites (tertiary alicyclic amines) is 1. The van der Waals surface area contributed by atoms with Crippen LogP contribution in [0.2, 0.25) is 0 Å². The van der Waals surface area contributed by atoms with E-state index in [-0.39, 0.29) is 0 Å². The first kappa shape index (κ1) is 12.0. The summed E-state index contributed by atoms with van der Waals surface area (Å²) in [6, 6.07) is 6.46. The molecular weight excluding hydrogens is 224 g/mol. The van der Waals surface area contributed by atoms with Gasteiger partial charge in [0.2, 0.25) is 0 Å². The predicted molar refractivity (Wildman–Crippen MR) is 71.6 cm³/mol. The molecule has 0 aromatic heterocycles. The van der Waals surface area contributed by atoms with Gasteiger partial charge in [0, 0.05) is 30.6 Å². The molecule has 0 amide bonds. The molecule has 1 fully saturated rings. The van der Waals surface area contributed by atoms with Crippen molar-refractivity contribution in [3.8, 4) is 5.75 Å². The first-order valence-electron chi connectivity index (χ1n) is 6.85. The van der Waals surface area contributed by atoms with E-state index in [0.29, 0.717) is 6.10 Å². The van der Waals surface area contributed by atoms with Crippen LogP contribution in [0.5, 0.6) is 5.75 Å². The molecule has 0 saturated carbocycles. The van der Waals surface area contributed by atoms with Gasteiger partial charge in [0.05, 0.1) is 13.1 Å². The molecule has 2 heterocycles. The van der Waals surface area contributed by atoms with Gasteiger partial charge in [0.15, 0.2) is 0 Å². The molecule has 0 spiro atoms. The monoisotopic (exact) mass is 246 g/mol. The zero-order chi connectivity index (χ0) is 12.5. The van der Waals surface area contributed by atoms with Gasteiger partial charge in [-0.2, -0.15) is 7.05 Å². The summed E-state index contributed by atoms with van der Waals surface area (Å²) in [4.78, 5) is 3.68. The first-order valence-corrected chi connectivity index (χ1v) is 6.85. The van der Waals surface area contributed by atoms with Gasteiger partial charge in [-0.05, 0) is 19.5 Å². The lowest BCUT2D eigenvalue weighted by Crippen LogP contribution is -3.06. The van der Waals surface area contributed by atoms with E-state index in [2.05, 4.69) is 37.2 Å². The Hall–Kier alpha value is -1.06. The molecule has 98 valence electrons. The number of nitrogens with one attached hydrogen (secondary N) is 1. The van der Waals surface area contributed by atoms with E-state index in [0.717, 1.165) is 44.8 Å². The number of likely N-dealkylation sites (N-methyl/N-ethyl adjacent to an activating group) is 1. The molecule has 3 heteroatoms. The third kappa shape index (κ3) is 2.38. The molecule has 2 aliphatic rings. The van der Waals surface area contributed by atoms with Gasteiger partial charge in [-0.3, -0.25) is 0 Å². The summed E-state index contributed by atoms with van der Waals surface area (Å²) in [5, 5.41) is 0. The van der Waals surface area contributed by atoms with E-state index in [1.807, 2.05) is 0 Å². The fraction of sp³-hybridized carbons (Fsp3) is 0.533. The fourth-order valence-electron chi connectivity index (χ4n) is 3.00. The SMILES string of the molecule is [CH2-][NH+]1CCc2c(cccc2O[C@@H]2CCN(C)C2)C1. The molecule has 3 nitrogen and oxygen atoms in total. The van der Waals surface area contributed by atoms with E-state index >= 15 is 0 Å². The molecule has 18 heavy (non-hydrogen) atoms. The van der Waals surface area contributed by atoms with Crippen LogP contribution >= 0.6 is 0 Å². The van der Waals surface area contributed by atoms with Crippen LogP contribution in [0, 0.1) is 7.05 Å². The lowest BCUT2D eigenvalue weighted by Gasteiger charge is -2.29. The summed E-state index contributed by atoms with van der Waals surface area (Å²) < 4.78 is 6.21. The molecule has 0 bridgehead atoms. The molecule has 1 aromatic rings. The highest BCUT2D eigenvalue weighted by Crippen LogP contribution is 2.26. The Balaban J connectivity index is 1.78. The average molecular weight is 246 g/mol. The largest absolute Gasteiger partial charge is 0.489 e. The molecule has 2 atom stereocenters. The Morgan fingerprint density at radius 1 is 1.44 bits per heavy atom. The second kappa shape index (κ2) is 4.90. The number of fused-ring (bicyclic) bond motifs is 1. The van der Waals surface area contributed by atoms with Gasteiger partial charge >= 0.3 is 0 Å². The van der Waals surface area contributed by atoms with Crippen molar-refractivity contribution in [3.63, 3.8) is 0 Å². The molecule has 3 rings (SSSR count). The maximum absolute atomic E-state index is 6.21. The van der Waals surface area contributed by atoms with Crippen molar-refractivity contribution in [1.82, 2.24) is 4.90 Å². The van der Waals surface area contributed by atoms with Crippen molar-refractivity contribution >= 4 is 0 Å². The minimum atomic E-state index is 0.367. The van der Waals surface area contributed by atoms with Crippen LogP contribution in [-0.2, 0) is 13.0 Å². The molecule has 1 saturated heterocycles. The highest BCUT2D eigenvalue weighted by Gasteiger charge is 2.23. The van der Waals surface area contributed by atoms with Crippen LogP contribution in [0.3, 0.4) is 0 Å². The van der Waals surface area contributed by atoms with Crippen molar-refractivity contribution in [2.24, 2.45) is 0 Å². The standard InChI is InChI=1S/C15H22N2O/c1-16-9-7-14-12(10-16)4-3-5-15(14)18-13-6-8-17(2)11-13/h3-5,13,16H,1,6-11H2,2H3/t13-/m1/s1. The van der Waals surface area contributed by atoms with Crippen molar-refractivity contribution in [3.05, 3.63) is 36.4 Å². The highest BCUT2D eigenvalue weighted by molar-refractivity contribution is 5.41. The Kier molecular flexibility index (Phi) is 3.27. The minimum Gasteiger partial charge on any atom is -0.489 e. The van der Waals surface area contributed by atoms with E-state index in [9.17, 15) is 0 Å². The van der Waals surface area contributed by atoms with Gasteiger partial charge in [-0.25, -0.2) is 0 Å². The Bertz CT molecular complexity index is 433. The molecule has 0 radical (unpaired) electrons. The number of hydrogen-bond acceptors (Lipinski definition) is 2. The Morgan fingerprint density at radius 3 is 3.11 bits per heavy atom. The lowest BCUT2D eigenvalue weighted by atomic mass is 9.99. The zero-order valence-corrected chi connectivity index (χ0v) is 11.1. The highest BCUT2D eigenvalue weighted by atomic mass is 16.5. The molecule has 2 aliphatic heterocycles. The van der Waals surface area contributed by atoms with Crippen molar-refractivity contribution in [1.29, 1.82) is 0 Å². The van der Waals surface area contributed by atoms with Gasteiger partial charge in [0.1, 0.15) is 11.9 Å². The summed E-state index contributed by atoms with van der Waals surface area (Å²) in [5.41, 5.74) is 2.83. The first-order chi connectivity index (χ1) is 8.72. The van der Waals surface area contributed by atoms with Crippen LogP contribution in [0.15, 0.2) is 18.2 Å². The summed E-state index contributed by atoms with van der Waals surface area (Å²) in [7, 11) is 6.27. The predicted octanol–water partition coefficient (Wildman–Crippen LogP) is 0.502. The number of rotatable bonds is 2. The topological polar surface area (TPSA) is 16.9 Å². The zero-order valence-electron chi connectivity index (χ0n) is 11.1. The molecule has 0 aliphatic carbocycles. The summed E-state index contributed by atoms with van der Waals surface area (Å²) >= 11 is 0. The van der Waals surface area contributed by atoms with Crippen molar-refractivity contribution in [2.45, 2.75) is 25.5 Å². The summed E-state index contributed by atoms with van der Waals surface area (Å²) in [6.45, 7) is 4.34. The van der Waals surface area contributed by atoms with E-state index in [4.69, 9.17) is 4.74 Å². The van der Waals surface area contributed by atoms with Gasteiger partial charge in [-0.15, -0.1) is 0 Å². The third-order valence-corrected chi connectivity index (χ3v) is 4.04. The van der Waals surface area contributed by atoms with Crippen molar-refractivity contribution < 1.29 is 9.64 Å². The van der Waals surface area contributed by atoms with E-state index < -0.39 is 0 Å². The maximum atomic E-state index is 6.21. The Labute approximate surface area is 109 Å². The molecule has 1 aromatic carbocycles. The van der Waals surface area contributed by atoms with Crippen molar-refractivity contribution in [2.75, 3.05) is 26.7 Å². The van der Waals surface area contributed by atoms with Crippen LogP contribution in [0.25, 0.3) is 0 Å². The summed E-state index contributed by atoms with van der Waals surface area (Å²) in [6.07, 6.45) is 2.60. The number of quaternary nitrogens is 1. The van der Waals surface area contributed by atoms with Crippen LogP contribution in [0.4, 0.5) is 0 Å². The van der Waals surface area contributed by atoms with Gasteiger partial charge in [0.25, 0.3) is 0 Å². The fourth-order valence-corrected chi connectivity index (χ4v) is 3.00. The van der Waals surface area contributed by atoms with E-state index in [1.54, 1.807) is 0 Å². The van der Waals surface area contributed by atoms with Crippen LogP contribution in [0.1, 0.15) is 17.5 Å². The summed E-state index contributed by atoms with van der Waals surface area (Å²) in [5.74, 6) is 1.11. The van der Waals surface area contributed by atoms with Gasteiger partial charge < -0.3 is 14.5 Å². The van der Waals surface area contributed by atoms with E-state index in [1.165, 1.54) is 16.0 Å². The Morgan fingerprint density at radius 2 is 2.33 bits per heavy atom. The number of hydrogen-bond donors (Lipinski definition) is 1.